The fraction of sp³-hybridized carbons (Fsp3) is 0.143. The Morgan fingerprint density at radius 1 is 1.16 bits per heavy atom. The lowest BCUT2D eigenvalue weighted by Crippen LogP contribution is -1.97. The van der Waals surface area contributed by atoms with Gasteiger partial charge in [0.1, 0.15) is 18.1 Å². The van der Waals surface area contributed by atoms with Crippen LogP contribution in [-0.4, -0.2) is 15.0 Å². The van der Waals surface area contributed by atoms with E-state index in [4.69, 9.17) is 10.5 Å². The monoisotopic (exact) mass is 254 g/mol. The lowest BCUT2D eigenvalue weighted by molar-refractivity contribution is 0.305. The molecule has 5 nitrogen and oxygen atoms in total. The first-order valence-corrected chi connectivity index (χ1v) is 5.99. The largest absolute Gasteiger partial charge is 0.487 e. The molecule has 0 saturated carbocycles. The van der Waals surface area contributed by atoms with Crippen LogP contribution in [0.2, 0.25) is 0 Å². The second-order valence-electron chi connectivity index (χ2n) is 4.37. The molecule has 0 fully saturated rings. The number of nitrogen functional groups attached to an aromatic ring is 1. The Morgan fingerprint density at radius 3 is 2.68 bits per heavy atom. The molecule has 0 aliphatic rings. The first kappa shape index (κ1) is 11.5. The highest BCUT2D eigenvalue weighted by molar-refractivity contribution is 5.96. The summed E-state index contributed by atoms with van der Waals surface area (Å²) in [5, 5.41) is 9.87. The van der Waals surface area contributed by atoms with Gasteiger partial charge in [-0.1, -0.05) is 29.5 Å². The Labute approximate surface area is 110 Å². The molecule has 0 spiro atoms. The number of anilines is 1. The van der Waals surface area contributed by atoms with Crippen molar-refractivity contribution in [2.75, 3.05) is 5.73 Å². The van der Waals surface area contributed by atoms with Gasteiger partial charge in [0.15, 0.2) is 0 Å². The third kappa shape index (κ3) is 2.22. The number of ether oxygens (including phenoxy) is 1. The van der Waals surface area contributed by atoms with Gasteiger partial charge < -0.3 is 10.5 Å². The molecule has 0 bridgehead atoms. The van der Waals surface area contributed by atoms with E-state index >= 15 is 0 Å². The molecule has 19 heavy (non-hydrogen) atoms. The maximum Gasteiger partial charge on any atom is 0.134 e. The highest BCUT2D eigenvalue weighted by atomic mass is 16.5. The van der Waals surface area contributed by atoms with Crippen LogP contribution in [0.5, 0.6) is 5.75 Å². The summed E-state index contributed by atoms with van der Waals surface area (Å²) in [7, 11) is 1.83. The van der Waals surface area contributed by atoms with E-state index in [1.54, 1.807) is 4.68 Å². The Balaban J connectivity index is 1.91. The summed E-state index contributed by atoms with van der Waals surface area (Å²) in [6.07, 6.45) is 1.83. The lowest BCUT2D eigenvalue weighted by Gasteiger charge is -2.09. The normalized spacial score (nSPS) is 10.8. The average Bonchev–Trinajstić information content (AvgIpc) is 2.84. The van der Waals surface area contributed by atoms with E-state index in [0.29, 0.717) is 6.61 Å². The van der Waals surface area contributed by atoms with Crippen LogP contribution >= 0.6 is 0 Å². The van der Waals surface area contributed by atoms with Crippen LogP contribution in [0.1, 0.15) is 5.69 Å². The number of benzene rings is 2. The van der Waals surface area contributed by atoms with Crippen molar-refractivity contribution >= 4 is 16.5 Å². The molecule has 3 aromatic rings. The maximum atomic E-state index is 5.95. The molecule has 0 atom stereocenters. The summed E-state index contributed by atoms with van der Waals surface area (Å²) in [5.41, 5.74) is 7.50. The first-order chi connectivity index (χ1) is 9.24. The summed E-state index contributed by atoms with van der Waals surface area (Å²) < 4.78 is 7.45. The van der Waals surface area contributed by atoms with Crippen molar-refractivity contribution < 1.29 is 4.74 Å². The van der Waals surface area contributed by atoms with Crippen LogP contribution in [0.25, 0.3) is 10.8 Å². The van der Waals surface area contributed by atoms with Crippen molar-refractivity contribution in [3.63, 3.8) is 0 Å². The molecule has 0 unspecified atom stereocenters. The van der Waals surface area contributed by atoms with E-state index in [0.717, 1.165) is 27.9 Å². The summed E-state index contributed by atoms with van der Waals surface area (Å²) in [4.78, 5) is 0. The molecule has 3 rings (SSSR count). The zero-order valence-electron chi connectivity index (χ0n) is 10.6. The van der Waals surface area contributed by atoms with Crippen LogP contribution in [0.3, 0.4) is 0 Å². The standard InChI is InChI=1S/C14H14N4O/c1-18-8-10(16-17-18)9-19-14-7-6-13(15)11-4-2-3-5-12(11)14/h2-8H,9,15H2,1H3. The minimum atomic E-state index is 0.391. The Hall–Kier alpha value is -2.56. The number of aryl methyl sites for hydroxylation is 1. The Morgan fingerprint density at radius 2 is 1.95 bits per heavy atom. The second kappa shape index (κ2) is 4.61. The van der Waals surface area contributed by atoms with Gasteiger partial charge in [0.2, 0.25) is 0 Å². The highest BCUT2D eigenvalue weighted by Gasteiger charge is 2.06. The summed E-state index contributed by atoms with van der Waals surface area (Å²) in [5.74, 6) is 0.801. The minimum absolute atomic E-state index is 0.391. The predicted molar refractivity (Wildman–Crippen MR) is 73.7 cm³/mol. The highest BCUT2D eigenvalue weighted by Crippen LogP contribution is 2.30. The van der Waals surface area contributed by atoms with Gasteiger partial charge >= 0.3 is 0 Å². The van der Waals surface area contributed by atoms with Crippen LogP contribution in [0.15, 0.2) is 42.6 Å². The van der Waals surface area contributed by atoms with Gasteiger partial charge in [0.25, 0.3) is 0 Å². The summed E-state index contributed by atoms with van der Waals surface area (Å²) in [6.45, 7) is 0.391. The molecule has 1 aromatic heterocycles. The number of hydrogen-bond acceptors (Lipinski definition) is 4. The van der Waals surface area contributed by atoms with E-state index in [1.807, 2.05) is 49.6 Å². The van der Waals surface area contributed by atoms with Crippen LogP contribution < -0.4 is 10.5 Å². The van der Waals surface area contributed by atoms with E-state index in [2.05, 4.69) is 10.3 Å². The van der Waals surface area contributed by atoms with Crippen molar-refractivity contribution in [1.29, 1.82) is 0 Å². The fourth-order valence-corrected chi connectivity index (χ4v) is 2.03. The summed E-state index contributed by atoms with van der Waals surface area (Å²) in [6, 6.07) is 11.7. The van der Waals surface area contributed by atoms with Gasteiger partial charge in [-0.2, -0.15) is 0 Å². The maximum absolute atomic E-state index is 5.95. The van der Waals surface area contributed by atoms with Gasteiger partial charge in [-0.05, 0) is 12.1 Å². The number of aromatic nitrogens is 3. The average molecular weight is 254 g/mol. The van der Waals surface area contributed by atoms with Gasteiger partial charge in [0.05, 0.1) is 6.20 Å². The van der Waals surface area contributed by atoms with Crippen LogP contribution in [-0.2, 0) is 13.7 Å². The fourth-order valence-electron chi connectivity index (χ4n) is 2.03. The van der Waals surface area contributed by atoms with Crippen molar-refractivity contribution in [3.8, 4) is 5.75 Å². The third-order valence-electron chi connectivity index (χ3n) is 2.94. The molecular weight excluding hydrogens is 240 g/mol. The molecule has 2 N–H and O–H groups in total. The third-order valence-corrected chi connectivity index (χ3v) is 2.94. The molecule has 5 heteroatoms. The van der Waals surface area contributed by atoms with Crippen molar-refractivity contribution in [2.45, 2.75) is 6.61 Å². The molecule has 0 saturated heterocycles. The molecular formula is C14H14N4O. The number of rotatable bonds is 3. The van der Waals surface area contributed by atoms with Gasteiger partial charge in [-0.15, -0.1) is 5.10 Å². The number of hydrogen-bond donors (Lipinski definition) is 1. The zero-order valence-corrected chi connectivity index (χ0v) is 10.6. The van der Waals surface area contributed by atoms with Gasteiger partial charge in [-0.25, -0.2) is 0 Å². The zero-order chi connectivity index (χ0) is 13.2. The summed E-state index contributed by atoms with van der Waals surface area (Å²) >= 11 is 0. The SMILES string of the molecule is Cn1cc(COc2ccc(N)c3ccccc23)nn1. The topological polar surface area (TPSA) is 66.0 Å². The molecule has 0 aliphatic heterocycles. The quantitative estimate of drug-likeness (QED) is 0.727. The number of fused-ring (bicyclic) bond motifs is 1. The molecule has 0 radical (unpaired) electrons. The van der Waals surface area contributed by atoms with Gasteiger partial charge in [0, 0.05) is 23.5 Å². The van der Waals surface area contributed by atoms with E-state index in [1.165, 1.54) is 0 Å². The van der Waals surface area contributed by atoms with Crippen LogP contribution in [0.4, 0.5) is 5.69 Å². The second-order valence-corrected chi connectivity index (χ2v) is 4.37. The first-order valence-electron chi connectivity index (χ1n) is 5.99. The van der Waals surface area contributed by atoms with E-state index in [-0.39, 0.29) is 0 Å². The van der Waals surface area contributed by atoms with Crippen LogP contribution in [0, 0.1) is 0 Å². The smallest absolute Gasteiger partial charge is 0.134 e. The number of nitrogens with zero attached hydrogens (tertiary/aromatic N) is 3. The number of nitrogens with two attached hydrogens (primary N) is 1. The van der Waals surface area contributed by atoms with Crippen molar-refractivity contribution in [1.82, 2.24) is 15.0 Å². The molecule has 1 heterocycles. The molecule has 0 aliphatic carbocycles. The predicted octanol–water partition coefficient (Wildman–Crippen LogP) is 2.13. The van der Waals surface area contributed by atoms with Crippen molar-refractivity contribution in [3.05, 3.63) is 48.3 Å². The lowest BCUT2D eigenvalue weighted by atomic mass is 10.1. The van der Waals surface area contributed by atoms with Gasteiger partial charge in [-0.3, -0.25) is 4.68 Å². The molecule has 2 aromatic carbocycles. The Bertz CT molecular complexity index is 720. The molecule has 96 valence electrons. The van der Waals surface area contributed by atoms with Crippen molar-refractivity contribution in [2.24, 2.45) is 7.05 Å². The Kier molecular flexibility index (Phi) is 2.79. The molecule has 0 amide bonds. The van der Waals surface area contributed by atoms with E-state index < -0.39 is 0 Å². The minimum Gasteiger partial charge on any atom is -0.487 e. The van der Waals surface area contributed by atoms with E-state index in [9.17, 15) is 0 Å².